The van der Waals surface area contributed by atoms with Crippen molar-refractivity contribution in [1.82, 2.24) is 0 Å². The summed E-state index contributed by atoms with van der Waals surface area (Å²) in [7, 11) is 0. The van der Waals surface area contributed by atoms with Crippen LogP contribution in [-0.2, 0) is 28.6 Å². The Morgan fingerprint density at radius 3 is 1.16 bits per heavy atom. The first-order valence-electron chi connectivity index (χ1n) is 23.2. The van der Waals surface area contributed by atoms with Crippen molar-refractivity contribution in [3.05, 3.63) is 97.2 Å². The van der Waals surface area contributed by atoms with Gasteiger partial charge in [-0.25, -0.2) is 0 Å². The van der Waals surface area contributed by atoms with Crippen LogP contribution in [0.1, 0.15) is 194 Å². The zero-order chi connectivity index (χ0) is 42.3. The minimum Gasteiger partial charge on any atom is -0.462 e. The predicted octanol–water partition coefficient (Wildman–Crippen LogP) is 15.0. The summed E-state index contributed by atoms with van der Waals surface area (Å²) in [6.45, 7) is 6.27. The normalized spacial score (nSPS) is 12.9. The van der Waals surface area contributed by atoms with E-state index < -0.39 is 12.1 Å². The lowest BCUT2D eigenvalue weighted by molar-refractivity contribution is -0.166. The summed E-state index contributed by atoms with van der Waals surface area (Å²) in [4.78, 5) is 37.7. The van der Waals surface area contributed by atoms with E-state index in [0.29, 0.717) is 19.3 Å². The number of esters is 3. The largest absolute Gasteiger partial charge is 0.462 e. The van der Waals surface area contributed by atoms with E-state index in [0.717, 1.165) is 103 Å². The Morgan fingerprint density at radius 1 is 0.362 bits per heavy atom. The van der Waals surface area contributed by atoms with Crippen LogP contribution in [0.3, 0.4) is 0 Å². The molecule has 0 aliphatic heterocycles. The summed E-state index contributed by atoms with van der Waals surface area (Å²) in [6.07, 6.45) is 59.7. The van der Waals surface area contributed by atoms with E-state index in [1.54, 1.807) is 0 Å². The van der Waals surface area contributed by atoms with E-state index >= 15 is 0 Å². The van der Waals surface area contributed by atoms with E-state index in [9.17, 15) is 14.4 Å². The minimum atomic E-state index is -0.830. The third-order valence-electron chi connectivity index (χ3n) is 9.32. The maximum absolute atomic E-state index is 12.7. The Balaban J connectivity index is 4.55. The fourth-order valence-electron chi connectivity index (χ4n) is 5.87. The van der Waals surface area contributed by atoms with Crippen LogP contribution in [0, 0.1) is 0 Å². The van der Waals surface area contributed by atoms with Crippen LogP contribution in [0.5, 0.6) is 0 Å². The number of hydrogen-bond donors (Lipinski definition) is 0. The lowest BCUT2D eigenvalue weighted by atomic mass is 10.1. The Hall–Kier alpha value is -3.67. The van der Waals surface area contributed by atoms with Crippen LogP contribution >= 0.6 is 0 Å². The maximum atomic E-state index is 12.7. The van der Waals surface area contributed by atoms with Gasteiger partial charge in [0.1, 0.15) is 13.2 Å². The van der Waals surface area contributed by atoms with Gasteiger partial charge in [-0.3, -0.25) is 14.4 Å². The molecule has 0 fully saturated rings. The Bertz CT molecular complexity index is 1200. The van der Waals surface area contributed by atoms with Gasteiger partial charge in [-0.2, -0.15) is 0 Å². The number of hydrogen-bond acceptors (Lipinski definition) is 6. The second-order valence-corrected chi connectivity index (χ2v) is 14.9. The van der Waals surface area contributed by atoms with Crippen molar-refractivity contribution in [2.45, 2.75) is 200 Å². The quantitative estimate of drug-likeness (QED) is 0.0266. The topological polar surface area (TPSA) is 78.9 Å². The number of ether oxygens (including phenoxy) is 3. The molecule has 0 amide bonds. The summed E-state index contributed by atoms with van der Waals surface area (Å²) in [5, 5.41) is 0. The molecule has 6 heteroatoms. The molecule has 328 valence electrons. The number of rotatable bonds is 40. The lowest BCUT2D eigenvalue weighted by Gasteiger charge is -2.18. The van der Waals surface area contributed by atoms with Gasteiger partial charge < -0.3 is 14.2 Å². The van der Waals surface area contributed by atoms with Crippen LogP contribution in [0.25, 0.3) is 0 Å². The van der Waals surface area contributed by atoms with Crippen molar-refractivity contribution in [2.24, 2.45) is 0 Å². The highest BCUT2D eigenvalue weighted by atomic mass is 16.6. The molecule has 0 N–H and O–H groups in total. The molecule has 6 nitrogen and oxygen atoms in total. The van der Waals surface area contributed by atoms with Crippen molar-refractivity contribution in [3.8, 4) is 0 Å². The van der Waals surface area contributed by atoms with E-state index in [-0.39, 0.29) is 31.6 Å². The van der Waals surface area contributed by atoms with Crippen LogP contribution in [-0.4, -0.2) is 37.2 Å². The van der Waals surface area contributed by atoms with Crippen LogP contribution < -0.4 is 0 Å². The average Bonchev–Trinajstić information content (AvgIpc) is 3.22. The first-order valence-corrected chi connectivity index (χ1v) is 23.2. The van der Waals surface area contributed by atoms with Crippen molar-refractivity contribution < 1.29 is 28.6 Å². The zero-order valence-corrected chi connectivity index (χ0v) is 37.3. The highest BCUT2D eigenvalue weighted by molar-refractivity contribution is 5.71. The molecule has 0 aliphatic carbocycles. The SMILES string of the molecule is CC/C=C\C/C=C\C/C=C\C/C=C\CCC(=O)OC(COC(=O)CCCCC/C=C\C/C=C\C/C=C\CC)COC(=O)CCCCCCC/C=C\CCCCCCC. The summed E-state index contributed by atoms with van der Waals surface area (Å²) >= 11 is 0. The molecular weight excluding hydrogens is 721 g/mol. The Morgan fingerprint density at radius 2 is 0.707 bits per heavy atom. The molecule has 0 aliphatic rings. The molecule has 0 aromatic carbocycles. The Labute approximate surface area is 356 Å². The zero-order valence-electron chi connectivity index (χ0n) is 37.3. The summed E-state index contributed by atoms with van der Waals surface area (Å²) in [5.74, 6) is -1.05. The highest BCUT2D eigenvalue weighted by Crippen LogP contribution is 2.12. The number of unbranched alkanes of at least 4 members (excludes halogenated alkanes) is 13. The average molecular weight is 805 g/mol. The highest BCUT2D eigenvalue weighted by Gasteiger charge is 2.19. The second kappa shape index (κ2) is 46.0. The van der Waals surface area contributed by atoms with Gasteiger partial charge in [0.05, 0.1) is 0 Å². The van der Waals surface area contributed by atoms with Gasteiger partial charge in [-0.05, 0) is 103 Å². The van der Waals surface area contributed by atoms with Gasteiger partial charge in [0.15, 0.2) is 6.10 Å². The summed E-state index contributed by atoms with van der Waals surface area (Å²) < 4.78 is 16.6. The smallest absolute Gasteiger partial charge is 0.306 e. The molecular formula is C52H84O6. The van der Waals surface area contributed by atoms with Gasteiger partial charge >= 0.3 is 17.9 Å². The lowest BCUT2D eigenvalue weighted by Crippen LogP contribution is -2.30. The van der Waals surface area contributed by atoms with Crippen molar-refractivity contribution in [3.63, 3.8) is 0 Å². The molecule has 0 aromatic heterocycles. The van der Waals surface area contributed by atoms with Gasteiger partial charge in [-0.1, -0.05) is 169 Å². The first kappa shape index (κ1) is 54.3. The maximum Gasteiger partial charge on any atom is 0.306 e. The van der Waals surface area contributed by atoms with Crippen LogP contribution in [0.15, 0.2) is 97.2 Å². The number of carbonyl (C=O) groups excluding carboxylic acids is 3. The van der Waals surface area contributed by atoms with Gasteiger partial charge in [-0.15, -0.1) is 0 Å². The molecule has 58 heavy (non-hydrogen) atoms. The standard InChI is InChI=1S/C52H84O6/c1-4-7-10-13-16-19-22-25-28-30-33-36-39-42-45-51(54)57-48-49(58-52(55)46-43-40-37-34-31-27-24-21-18-15-12-9-6-3)47-56-50(53)44-41-38-35-32-29-26-23-20-17-14-11-8-5-2/h8-9,11-12,17-18,20-22,25-27,29,31,37,40,49H,4-7,10,13-16,19,23-24,28,30,32-36,38-39,41-48H2,1-3H3/b11-8-,12-9-,20-17-,21-18-,25-22-,29-26-,31-27-,40-37-. The summed E-state index contributed by atoms with van der Waals surface area (Å²) in [6, 6.07) is 0. The molecule has 0 spiro atoms. The fourth-order valence-corrected chi connectivity index (χ4v) is 5.87. The first-order chi connectivity index (χ1) is 28.5. The molecule has 0 radical (unpaired) electrons. The van der Waals surface area contributed by atoms with Crippen LogP contribution in [0.2, 0.25) is 0 Å². The Kier molecular flexibility index (Phi) is 43.1. The fraction of sp³-hybridized carbons (Fsp3) is 0.635. The molecule has 1 atom stereocenters. The molecule has 0 heterocycles. The predicted molar refractivity (Wildman–Crippen MR) is 247 cm³/mol. The molecule has 0 rings (SSSR count). The van der Waals surface area contributed by atoms with E-state index in [1.807, 2.05) is 12.2 Å². The second-order valence-electron chi connectivity index (χ2n) is 14.9. The van der Waals surface area contributed by atoms with Gasteiger partial charge in [0.25, 0.3) is 0 Å². The van der Waals surface area contributed by atoms with Crippen molar-refractivity contribution in [2.75, 3.05) is 13.2 Å². The third kappa shape index (κ3) is 43.5. The molecule has 0 saturated heterocycles. The van der Waals surface area contributed by atoms with Crippen LogP contribution in [0.4, 0.5) is 0 Å². The molecule has 1 unspecified atom stereocenters. The van der Waals surface area contributed by atoms with Crippen molar-refractivity contribution in [1.29, 1.82) is 0 Å². The number of carbonyl (C=O) groups is 3. The van der Waals surface area contributed by atoms with E-state index in [1.165, 1.54) is 44.9 Å². The molecule has 0 bridgehead atoms. The van der Waals surface area contributed by atoms with E-state index in [2.05, 4.69) is 106 Å². The monoisotopic (exact) mass is 805 g/mol. The summed E-state index contributed by atoms with van der Waals surface area (Å²) in [5.41, 5.74) is 0. The van der Waals surface area contributed by atoms with Gasteiger partial charge in [0.2, 0.25) is 0 Å². The molecule has 0 aromatic rings. The minimum absolute atomic E-state index is 0.121. The molecule has 0 saturated carbocycles. The van der Waals surface area contributed by atoms with E-state index in [4.69, 9.17) is 14.2 Å². The van der Waals surface area contributed by atoms with Gasteiger partial charge in [0, 0.05) is 19.3 Å². The third-order valence-corrected chi connectivity index (χ3v) is 9.32. The van der Waals surface area contributed by atoms with Crippen molar-refractivity contribution >= 4 is 17.9 Å². The number of allylic oxidation sites excluding steroid dienone is 16.